The van der Waals surface area contributed by atoms with Crippen LogP contribution in [0.1, 0.15) is 24.8 Å². The number of nitrogens with zero attached hydrogens (tertiary/aromatic N) is 2. The molecule has 5 rings (SSSR count). The van der Waals surface area contributed by atoms with Crippen LogP contribution in [0, 0.1) is 5.82 Å². The smallest absolute Gasteiger partial charge is 0.332 e. The van der Waals surface area contributed by atoms with Gasteiger partial charge in [0.1, 0.15) is 5.75 Å². The Kier molecular flexibility index (Phi) is 9.58. The van der Waals surface area contributed by atoms with E-state index >= 15 is 4.39 Å². The van der Waals surface area contributed by atoms with Crippen LogP contribution in [0.25, 0.3) is 10.9 Å². The summed E-state index contributed by atoms with van der Waals surface area (Å²) >= 11 is 0. The fourth-order valence-corrected chi connectivity index (χ4v) is 5.91. The van der Waals surface area contributed by atoms with E-state index < -0.39 is 21.9 Å². The van der Waals surface area contributed by atoms with Gasteiger partial charge in [0.05, 0.1) is 25.0 Å². The zero-order valence-corrected chi connectivity index (χ0v) is 24.5. The monoisotopic (exact) mass is 608 g/mol. The third-order valence-corrected chi connectivity index (χ3v) is 8.13. The molecule has 1 fully saturated rings. The summed E-state index contributed by atoms with van der Waals surface area (Å²) in [4.78, 5) is 19.1. The van der Waals surface area contributed by atoms with Crippen molar-refractivity contribution in [2.75, 3.05) is 38.7 Å². The summed E-state index contributed by atoms with van der Waals surface area (Å²) in [6.07, 6.45) is 4.95. The largest absolute Gasteiger partial charge is 0.493 e. The number of hydrogen-bond acceptors (Lipinski definition) is 8. The van der Waals surface area contributed by atoms with Crippen LogP contribution in [0.3, 0.4) is 0 Å². The first kappa shape index (κ1) is 30.1. The number of carbonyl (C=O) groups excluding carboxylic acids is 1. The van der Waals surface area contributed by atoms with Crippen molar-refractivity contribution in [3.63, 3.8) is 0 Å². The van der Waals surface area contributed by atoms with Crippen molar-refractivity contribution in [1.82, 2.24) is 14.6 Å². The van der Waals surface area contributed by atoms with E-state index in [1.54, 1.807) is 61.8 Å². The van der Waals surface area contributed by atoms with Gasteiger partial charge >= 0.3 is 6.03 Å². The Morgan fingerprint density at radius 2 is 1.77 bits per heavy atom. The number of urea groups is 1. The van der Waals surface area contributed by atoms with Gasteiger partial charge in [-0.25, -0.2) is 22.3 Å². The topological polar surface area (TPSA) is 119 Å². The minimum absolute atomic E-state index is 0.0463. The zero-order valence-electron chi connectivity index (χ0n) is 23.7. The SMILES string of the molecule is COc1cc2c(Oc3ccc(NC(=O)NS(=O)(=O)Cc4ccccc4)cc3F)ccnc2cc1OCCCN1CCCC1. The number of pyridine rings is 1. The molecule has 0 spiro atoms. The minimum atomic E-state index is -3.96. The number of nitrogens with one attached hydrogen (secondary N) is 2. The Labute approximate surface area is 249 Å². The number of fused-ring (bicyclic) bond motifs is 1. The third kappa shape index (κ3) is 8.11. The highest BCUT2D eigenvalue weighted by atomic mass is 32.2. The lowest BCUT2D eigenvalue weighted by Gasteiger charge is -2.16. The standard InChI is InChI=1S/C31H33FN4O6S/c1-40-29-19-24-26(20-30(29)41-17-7-16-36-14-5-6-15-36)33-13-12-27(24)42-28-11-10-23(18-25(28)32)34-31(37)35-43(38,39)21-22-8-3-2-4-9-22/h2-4,8-13,18-20H,5-7,14-17,21H2,1H3,(H2,34,35,37). The Morgan fingerprint density at radius 1 is 0.977 bits per heavy atom. The van der Waals surface area contributed by atoms with Gasteiger partial charge in [-0.2, -0.15) is 0 Å². The predicted octanol–water partition coefficient (Wildman–Crippen LogP) is 5.69. The van der Waals surface area contributed by atoms with Gasteiger partial charge in [0.25, 0.3) is 0 Å². The van der Waals surface area contributed by atoms with Crippen LogP contribution in [-0.2, 0) is 15.8 Å². The van der Waals surface area contributed by atoms with E-state index in [2.05, 4.69) is 15.2 Å². The average molecular weight is 609 g/mol. The quantitative estimate of drug-likeness (QED) is 0.197. The Bertz CT molecular complexity index is 1680. The van der Waals surface area contributed by atoms with E-state index in [4.69, 9.17) is 14.2 Å². The first-order valence-corrected chi connectivity index (χ1v) is 15.6. The molecular formula is C31H33FN4O6S. The maximum atomic E-state index is 15.0. The molecule has 10 nitrogen and oxygen atoms in total. The summed E-state index contributed by atoms with van der Waals surface area (Å²) in [5.74, 6) is 0.162. The normalized spacial score (nSPS) is 13.5. The van der Waals surface area contributed by atoms with Crippen LogP contribution in [0.15, 0.2) is 72.9 Å². The maximum absolute atomic E-state index is 15.0. The van der Waals surface area contributed by atoms with Gasteiger partial charge < -0.3 is 24.4 Å². The van der Waals surface area contributed by atoms with Crippen molar-refractivity contribution >= 4 is 32.6 Å². The molecule has 0 unspecified atom stereocenters. The molecule has 12 heteroatoms. The van der Waals surface area contributed by atoms with Crippen LogP contribution in [-0.4, -0.2) is 57.7 Å². The molecular weight excluding hydrogens is 575 g/mol. The lowest BCUT2D eigenvalue weighted by atomic mass is 10.1. The Balaban J connectivity index is 1.23. The Hall–Kier alpha value is -4.42. The van der Waals surface area contributed by atoms with Crippen molar-refractivity contribution in [3.8, 4) is 23.0 Å². The van der Waals surface area contributed by atoms with Crippen LogP contribution in [0.5, 0.6) is 23.0 Å². The fraction of sp³-hybridized carbons (Fsp3) is 0.290. The first-order valence-electron chi connectivity index (χ1n) is 13.9. The van der Waals surface area contributed by atoms with E-state index in [0.29, 0.717) is 40.3 Å². The number of aromatic nitrogens is 1. The highest BCUT2D eigenvalue weighted by molar-refractivity contribution is 7.89. The lowest BCUT2D eigenvalue weighted by Crippen LogP contribution is -2.35. The summed E-state index contributed by atoms with van der Waals surface area (Å²) in [5, 5.41) is 2.93. The van der Waals surface area contributed by atoms with Crippen molar-refractivity contribution in [2.24, 2.45) is 0 Å². The summed E-state index contributed by atoms with van der Waals surface area (Å²) in [6, 6.07) is 16.3. The molecule has 0 aliphatic carbocycles. The van der Waals surface area contributed by atoms with Gasteiger partial charge in [-0.3, -0.25) is 4.98 Å². The van der Waals surface area contributed by atoms with Gasteiger partial charge in [-0.15, -0.1) is 0 Å². The number of carbonyl (C=O) groups is 1. The average Bonchev–Trinajstić information content (AvgIpc) is 3.50. The van der Waals surface area contributed by atoms with Gasteiger partial charge in [0.2, 0.25) is 10.0 Å². The first-order chi connectivity index (χ1) is 20.8. The molecule has 0 bridgehead atoms. The van der Waals surface area contributed by atoms with Crippen LogP contribution < -0.4 is 24.2 Å². The number of hydrogen-bond donors (Lipinski definition) is 2. The number of amides is 2. The maximum Gasteiger partial charge on any atom is 0.332 e. The third-order valence-electron chi connectivity index (χ3n) is 6.92. The van der Waals surface area contributed by atoms with Gasteiger partial charge in [-0.1, -0.05) is 30.3 Å². The highest BCUT2D eigenvalue weighted by Crippen LogP contribution is 2.38. The fourth-order valence-electron chi connectivity index (χ4n) is 4.87. The van der Waals surface area contributed by atoms with Gasteiger partial charge in [0.15, 0.2) is 23.1 Å². The van der Waals surface area contributed by atoms with Gasteiger partial charge in [-0.05, 0) is 62.2 Å². The van der Waals surface area contributed by atoms with Crippen molar-refractivity contribution in [2.45, 2.75) is 25.0 Å². The van der Waals surface area contributed by atoms with Gasteiger partial charge in [0, 0.05) is 35.9 Å². The number of rotatable bonds is 12. The number of likely N-dealkylation sites (tertiary alicyclic amines) is 1. The second-order valence-corrected chi connectivity index (χ2v) is 11.9. The van der Waals surface area contributed by atoms with Crippen molar-refractivity contribution < 1.29 is 31.8 Å². The van der Waals surface area contributed by atoms with Crippen LogP contribution in [0.4, 0.5) is 14.9 Å². The summed E-state index contributed by atoms with van der Waals surface area (Å²) < 4.78 is 59.0. The number of methoxy groups -OCH3 is 1. The summed E-state index contributed by atoms with van der Waals surface area (Å²) in [6.45, 7) is 3.81. The molecule has 3 aromatic carbocycles. The molecule has 43 heavy (non-hydrogen) atoms. The van der Waals surface area contributed by atoms with Crippen molar-refractivity contribution in [1.29, 1.82) is 0 Å². The molecule has 1 aliphatic heterocycles. The molecule has 0 radical (unpaired) electrons. The lowest BCUT2D eigenvalue weighted by molar-refractivity contribution is 0.254. The molecule has 1 saturated heterocycles. The molecule has 2 amide bonds. The zero-order chi connectivity index (χ0) is 30.2. The molecule has 226 valence electrons. The molecule has 2 N–H and O–H groups in total. The molecule has 4 aromatic rings. The van der Waals surface area contributed by atoms with Crippen LogP contribution in [0.2, 0.25) is 0 Å². The highest BCUT2D eigenvalue weighted by Gasteiger charge is 2.18. The number of anilines is 1. The molecule has 1 aromatic heterocycles. The van der Waals surface area contributed by atoms with E-state index in [1.165, 1.54) is 25.0 Å². The molecule has 1 aliphatic rings. The van der Waals surface area contributed by atoms with Crippen molar-refractivity contribution in [3.05, 3.63) is 84.3 Å². The number of ether oxygens (including phenoxy) is 3. The van der Waals surface area contributed by atoms with E-state index in [0.717, 1.165) is 32.1 Å². The predicted molar refractivity (Wildman–Crippen MR) is 162 cm³/mol. The van der Waals surface area contributed by atoms with E-state index in [1.807, 2.05) is 4.72 Å². The Morgan fingerprint density at radius 3 is 2.51 bits per heavy atom. The summed E-state index contributed by atoms with van der Waals surface area (Å²) in [5.41, 5.74) is 1.15. The molecule has 0 saturated carbocycles. The number of sulfonamides is 1. The number of halogens is 1. The van der Waals surface area contributed by atoms with E-state index in [-0.39, 0.29) is 17.2 Å². The minimum Gasteiger partial charge on any atom is -0.493 e. The molecule has 0 atom stereocenters. The van der Waals surface area contributed by atoms with Crippen LogP contribution >= 0.6 is 0 Å². The number of benzene rings is 3. The second-order valence-electron chi connectivity index (χ2n) is 10.1. The molecule has 2 heterocycles. The second kappa shape index (κ2) is 13.7. The summed E-state index contributed by atoms with van der Waals surface area (Å²) in [7, 11) is -2.42. The van der Waals surface area contributed by atoms with E-state index in [9.17, 15) is 13.2 Å².